The molecule has 0 aliphatic rings. The highest BCUT2D eigenvalue weighted by atomic mass is 32.1. The van der Waals surface area contributed by atoms with Gasteiger partial charge in [-0.25, -0.2) is 0 Å². The number of hydrogen-bond acceptors (Lipinski definition) is 11. The maximum Gasteiger partial charge on any atom is 0.254 e. The second-order valence-electron chi connectivity index (χ2n) is 14.9. The van der Waals surface area contributed by atoms with Gasteiger partial charge in [-0.15, -0.1) is 22.7 Å². The summed E-state index contributed by atoms with van der Waals surface area (Å²) in [5.74, 6) is -2.86. The fourth-order valence-corrected chi connectivity index (χ4v) is 7.68. The molecule has 15 heteroatoms. The predicted molar refractivity (Wildman–Crippen MR) is 251 cm³/mol. The second kappa shape index (κ2) is 28.9. The summed E-state index contributed by atoms with van der Waals surface area (Å²) in [4.78, 5) is 56.6. The zero-order valence-electron chi connectivity index (χ0n) is 37.4. The molecule has 2 aromatic heterocycles. The van der Waals surface area contributed by atoms with E-state index in [0.717, 1.165) is 37.7 Å². The molecule has 62 heavy (non-hydrogen) atoms. The van der Waals surface area contributed by atoms with Crippen LogP contribution in [-0.4, -0.2) is 111 Å². The van der Waals surface area contributed by atoms with Gasteiger partial charge >= 0.3 is 0 Å². The Bertz CT molecular complexity index is 1880. The number of amides is 4. The van der Waals surface area contributed by atoms with Crippen LogP contribution in [0.5, 0.6) is 0 Å². The summed E-state index contributed by atoms with van der Waals surface area (Å²) in [6.45, 7) is 19.9. The van der Waals surface area contributed by atoms with E-state index in [9.17, 15) is 39.6 Å². The van der Waals surface area contributed by atoms with Crippen LogP contribution in [0.25, 0.3) is 0 Å². The molecule has 0 fully saturated rings. The van der Waals surface area contributed by atoms with Gasteiger partial charge in [-0.2, -0.15) is 0 Å². The average molecular weight is 896 g/mol. The van der Waals surface area contributed by atoms with E-state index in [2.05, 4.69) is 22.5 Å². The Morgan fingerprint density at radius 3 is 1.87 bits per heavy atom. The number of benzene rings is 1. The second-order valence-corrected chi connectivity index (χ2v) is 16.9. The number of rotatable bonds is 26. The standard InChI is InChI=1S/C45H63N5O8S2.C2H6/c1-7-11-33(24-31(6)30(4)5)28-50(22-9-3)45(58)41(54)39(52)43(56)47-20-18-37-25-34(29-60-37)26-48-35-15-13-32(14-16-35)27-49(21-8-2)44(57)40(53)38(51)42(55)46-19-17-36-12-10-23-59-36;1-2/h7,10-16,23-25,29-30,38-41,48,51-54H,6,8-9,17-22,26-28H2,1-5H3,(H,46,55)(H,47,56);1-2H3/b11-7-,33-24+;. The SMILES string of the molecule is C=C(/C=C(\C=C/C)CN(CCC)C(=O)C(O)C(O)C(=O)NCCc1cc(CNc2ccc(CN(CCC)C(=O)C(O)C(O)C(=O)NCCc3cccs3)cc2)cs1)C(C)C.CC. The van der Waals surface area contributed by atoms with Crippen LogP contribution >= 0.6 is 22.7 Å². The molecule has 1 aromatic carbocycles. The molecule has 3 aromatic rings. The highest BCUT2D eigenvalue weighted by Crippen LogP contribution is 2.19. The summed E-state index contributed by atoms with van der Waals surface area (Å²) >= 11 is 3.08. The molecule has 4 atom stereocenters. The predicted octanol–water partition coefficient (Wildman–Crippen LogP) is 5.60. The lowest BCUT2D eigenvalue weighted by molar-refractivity contribution is -0.153. The molecular formula is C47H69N5O8S2. The van der Waals surface area contributed by atoms with Crippen molar-refractivity contribution in [1.82, 2.24) is 20.4 Å². The molecule has 0 radical (unpaired) electrons. The maximum absolute atomic E-state index is 13.2. The van der Waals surface area contributed by atoms with Gasteiger partial charge < -0.3 is 46.2 Å². The Morgan fingerprint density at radius 1 is 0.774 bits per heavy atom. The first-order valence-electron chi connectivity index (χ1n) is 21.5. The Morgan fingerprint density at radius 2 is 1.34 bits per heavy atom. The van der Waals surface area contributed by atoms with Crippen molar-refractivity contribution in [2.24, 2.45) is 5.92 Å². The first kappa shape index (κ1) is 53.5. The first-order valence-corrected chi connectivity index (χ1v) is 23.2. The van der Waals surface area contributed by atoms with Crippen LogP contribution in [0, 0.1) is 5.92 Å². The minimum atomic E-state index is -1.93. The van der Waals surface area contributed by atoms with E-state index in [-0.39, 0.29) is 32.1 Å². The normalized spacial score (nSPS) is 13.4. The van der Waals surface area contributed by atoms with E-state index >= 15 is 0 Å². The number of aliphatic hydroxyl groups is 4. The summed E-state index contributed by atoms with van der Waals surface area (Å²) in [5, 5.41) is 54.9. The molecule has 7 N–H and O–H groups in total. The lowest BCUT2D eigenvalue weighted by Crippen LogP contribution is -2.51. The van der Waals surface area contributed by atoms with E-state index in [0.29, 0.717) is 45.3 Å². The lowest BCUT2D eigenvalue weighted by Gasteiger charge is -2.27. The summed E-state index contributed by atoms with van der Waals surface area (Å²) in [7, 11) is 0. The van der Waals surface area contributed by atoms with Gasteiger partial charge in [0.25, 0.3) is 23.6 Å². The van der Waals surface area contributed by atoms with Gasteiger partial charge in [0.05, 0.1) is 0 Å². The van der Waals surface area contributed by atoms with Gasteiger partial charge in [0, 0.05) is 61.3 Å². The fraction of sp³-hybridized carbons (Fsp3) is 0.489. The summed E-state index contributed by atoms with van der Waals surface area (Å²) in [5.41, 5.74) is 4.40. The van der Waals surface area contributed by atoms with Gasteiger partial charge in [0.1, 0.15) is 0 Å². The lowest BCUT2D eigenvalue weighted by atomic mass is 10.0. The van der Waals surface area contributed by atoms with E-state index in [1.165, 1.54) is 21.1 Å². The van der Waals surface area contributed by atoms with E-state index in [1.54, 1.807) is 11.3 Å². The Labute approximate surface area is 376 Å². The molecule has 0 aliphatic carbocycles. The number of hydrogen-bond donors (Lipinski definition) is 7. The third-order valence-corrected chi connectivity index (χ3v) is 11.6. The summed E-state index contributed by atoms with van der Waals surface area (Å²) in [6.07, 6.45) is 0.343. The molecule has 0 aliphatic heterocycles. The molecule has 3 rings (SSSR count). The van der Waals surface area contributed by atoms with Crippen molar-refractivity contribution in [3.63, 3.8) is 0 Å². The van der Waals surface area contributed by atoms with Crippen molar-refractivity contribution in [3.05, 3.63) is 110 Å². The number of nitrogens with zero attached hydrogens (tertiary/aromatic N) is 2. The molecule has 0 spiro atoms. The average Bonchev–Trinajstić information content (AvgIpc) is 3.97. The molecule has 342 valence electrons. The van der Waals surface area contributed by atoms with Gasteiger partial charge in [0.2, 0.25) is 0 Å². The van der Waals surface area contributed by atoms with Crippen LogP contribution in [0.2, 0.25) is 0 Å². The molecule has 4 amide bonds. The van der Waals surface area contributed by atoms with Crippen molar-refractivity contribution in [1.29, 1.82) is 0 Å². The van der Waals surface area contributed by atoms with Crippen LogP contribution in [0.4, 0.5) is 5.69 Å². The van der Waals surface area contributed by atoms with E-state index < -0.39 is 48.0 Å². The van der Waals surface area contributed by atoms with Crippen LogP contribution in [0.15, 0.2) is 89.2 Å². The van der Waals surface area contributed by atoms with Gasteiger partial charge in [0.15, 0.2) is 24.4 Å². The number of carbonyl (C=O) groups excluding carboxylic acids is 4. The van der Waals surface area contributed by atoms with Gasteiger partial charge in [-0.3, -0.25) is 19.2 Å². The molecule has 0 saturated carbocycles. The minimum absolute atomic E-state index is 0.190. The van der Waals surface area contributed by atoms with Crippen LogP contribution in [0.1, 0.15) is 82.2 Å². The van der Waals surface area contributed by atoms with Crippen LogP contribution in [0.3, 0.4) is 0 Å². The quantitative estimate of drug-likeness (QED) is 0.0503. The van der Waals surface area contributed by atoms with E-state index in [4.69, 9.17) is 0 Å². The Kier molecular flexibility index (Phi) is 24.9. The fourth-order valence-electron chi connectivity index (χ4n) is 6.08. The van der Waals surface area contributed by atoms with Crippen molar-refractivity contribution in [2.45, 2.75) is 112 Å². The van der Waals surface area contributed by atoms with Crippen LogP contribution < -0.4 is 16.0 Å². The number of anilines is 1. The van der Waals surface area contributed by atoms with Crippen molar-refractivity contribution in [3.8, 4) is 0 Å². The number of thiophene rings is 2. The first-order chi connectivity index (χ1) is 29.7. The summed E-state index contributed by atoms with van der Waals surface area (Å²) < 4.78 is 0. The zero-order chi connectivity index (χ0) is 46.2. The van der Waals surface area contributed by atoms with Crippen molar-refractivity contribution >= 4 is 52.0 Å². The number of nitrogens with one attached hydrogen (secondary N) is 3. The van der Waals surface area contributed by atoms with Gasteiger partial charge in [-0.1, -0.05) is 90.1 Å². The van der Waals surface area contributed by atoms with Crippen molar-refractivity contribution < 1.29 is 39.6 Å². The largest absolute Gasteiger partial charge is 0.381 e. The minimum Gasteiger partial charge on any atom is -0.381 e. The molecule has 0 saturated heterocycles. The number of aliphatic hydroxyl groups excluding tert-OH is 4. The number of allylic oxidation sites excluding steroid dienone is 3. The topological polar surface area (TPSA) is 192 Å². The van der Waals surface area contributed by atoms with Gasteiger partial charge in [-0.05, 0) is 90.3 Å². The number of carbonyl (C=O) groups is 4. The molecule has 0 bridgehead atoms. The molecular weight excluding hydrogens is 827 g/mol. The zero-order valence-corrected chi connectivity index (χ0v) is 39.1. The molecule has 4 unspecified atom stereocenters. The van der Waals surface area contributed by atoms with Crippen molar-refractivity contribution in [2.75, 3.05) is 38.0 Å². The molecule has 13 nitrogen and oxygen atoms in total. The van der Waals surface area contributed by atoms with Crippen LogP contribution in [-0.2, 0) is 45.1 Å². The highest BCUT2D eigenvalue weighted by Gasteiger charge is 2.34. The summed E-state index contributed by atoms with van der Waals surface area (Å²) in [6, 6.07) is 13.4. The monoisotopic (exact) mass is 895 g/mol. The Hall–Kier alpha value is -4.64. The van der Waals surface area contributed by atoms with E-state index in [1.807, 2.05) is 120 Å². The highest BCUT2D eigenvalue weighted by molar-refractivity contribution is 7.10. The Balaban J connectivity index is 0.00000651. The third-order valence-electron chi connectivity index (χ3n) is 9.57. The molecule has 2 heterocycles. The maximum atomic E-state index is 13.2. The smallest absolute Gasteiger partial charge is 0.254 e. The third kappa shape index (κ3) is 18.0.